The predicted octanol–water partition coefficient (Wildman–Crippen LogP) is 7.21. The minimum absolute atomic E-state index is 0.0474. The lowest BCUT2D eigenvalue weighted by molar-refractivity contribution is -0.173. The second-order valence-corrected chi connectivity index (χ2v) is 16.5. The summed E-state index contributed by atoms with van der Waals surface area (Å²) in [5.41, 5.74) is 7.78. The Morgan fingerprint density at radius 2 is 1.69 bits per heavy atom. The number of fused-ring (bicyclic) bond motifs is 5. The first-order valence-electron chi connectivity index (χ1n) is 20.8. The number of benzene rings is 3. The molecular weight excluding hydrogens is 777 g/mol. The van der Waals surface area contributed by atoms with E-state index in [1.807, 2.05) is 39.8 Å². The van der Waals surface area contributed by atoms with Crippen molar-refractivity contribution in [2.45, 2.75) is 78.7 Å². The lowest BCUT2D eigenvalue weighted by atomic mass is 9.85. The molecule has 0 spiro atoms. The van der Waals surface area contributed by atoms with Gasteiger partial charge in [0.25, 0.3) is 5.56 Å². The van der Waals surface area contributed by atoms with Gasteiger partial charge in [-0.05, 0) is 78.3 Å². The van der Waals surface area contributed by atoms with Gasteiger partial charge < -0.3 is 34.3 Å². The normalized spacial score (nSPS) is 17.3. The predicted molar refractivity (Wildman–Crippen MR) is 228 cm³/mol. The summed E-state index contributed by atoms with van der Waals surface area (Å²) in [6.07, 6.45) is 0.0722. The Labute approximate surface area is 352 Å². The van der Waals surface area contributed by atoms with E-state index in [0.29, 0.717) is 72.9 Å². The minimum atomic E-state index is -1.82. The largest absolute Gasteiger partial charge is 0.508 e. The van der Waals surface area contributed by atoms with Gasteiger partial charge in [-0.25, -0.2) is 14.6 Å². The smallest absolute Gasteiger partial charge is 0.411 e. The lowest BCUT2D eigenvalue weighted by Gasteiger charge is -2.39. The number of rotatable bonds is 8. The number of cyclic esters (lactones) is 1. The Balaban J connectivity index is 0.909. The van der Waals surface area contributed by atoms with Crippen LogP contribution in [0.2, 0.25) is 0 Å². The third kappa shape index (κ3) is 6.56. The molecule has 9 rings (SSSR count). The van der Waals surface area contributed by atoms with Crippen molar-refractivity contribution in [3.63, 3.8) is 0 Å². The van der Waals surface area contributed by atoms with Gasteiger partial charge in [-0.2, -0.15) is 5.10 Å². The maximum Gasteiger partial charge on any atom is 0.411 e. The molecule has 1 fully saturated rings. The van der Waals surface area contributed by atoms with Crippen molar-refractivity contribution in [2.75, 3.05) is 26.2 Å². The van der Waals surface area contributed by atoms with Gasteiger partial charge in [-0.3, -0.25) is 14.8 Å². The minimum Gasteiger partial charge on any atom is -0.508 e. The van der Waals surface area contributed by atoms with Crippen molar-refractivity contribution in [3.05, 3.63) is 110 Å². The number of hydrogen-bond acceptors (Lipinski definition) is 11. The van der Waals surface area contributed by atoms with E-state index in [4.69, 9.17) is 14.5 Å². The second kappa shape index (κ2) is 15.1. The third-order valence-electron chi connectivity index (χ3n) is 12.6. The Kier molecular flexibility index (Phi) is 9.85. The van der Waals surface area contributed by atoms with Gasteiger partial charge in [0.05, 0.1) is 29.0 Å². The van der Waals surface area contributed by atoms with Gasteiger partial charge in [-0.1, -0.05) is 52.0 Å². The number of aromatic nitrogens is 4. The molecule has 0 saturated carbocycles. The number of ether oxygens (including phenoxy) is 2. The number of pyridine rings is 2. The van der Waals surface area contributed by atoms with Gasteiger partial charge in [0, 0.05) is 72.1 Å². The molecule has 61 heavy (non-hydrogen) atoms. The lowest BCUT2D eigenvalue weighted by Crippen LogP contribution is -2.53. The van der Waals surface area contributed by atoms with Crippen LogP contribution in [0.3, 0.4) is 0 Å². The monoisotopic (exact) mass is 824 g/mol. The molecule has 0 bridgehead atoms. The molecule has 4 N–H and O–H groups in total. The number of esters is 1. The summed E-state index contributed by atoms with van der Waals surface area (Å²) < 4.78 is 13.4. The van der Waals surface area contributed by atoms with Crippen LogP contribution in [0.5, 0.6) is 17.2 Å². The number of nitrogens with one attached hydrogen (secondary N) is 1. The zero-order valence-electron chi connectivity index (χ0n) is 34.8. The highest BCUT2D eigenvalue weighted by Gasteiger charge is 2.51. The summed E-state index contributed by atoms with van der Waals surface area (Å²) in [6, 6.07) is 18.1. The number of aromatic hydroxyl groups is 3. The summed E-state index contributed by atoms with van der Waals surface area (Å²) in [5, 5.41) is 39.8. The van der Waals surface area contributed by atoms with Gasteiger partial charge in [0.1, 0.15) is 29.5 Å². The van der Waals surface area contributed by atoms with Crippen LogP contribution in [-0.4, -0.2) is 83.1 Å². The first-order chi connectivity index (χ1) is 29.3. The van der Waals surface area contributed by atoms with Crippen LogP contribution in [0.1, 0.15) is 79.1 Å². The van der Waals surface area contributed by atoms with Gasteiger partial charge in [-0.15, -0.1) is 0 Å². The average Bonchev–Trinajstić information content (AvgIpc) is 3.81. The van der Waals surface area contributed by atoms with E-state index in [-0.39, 0.29) is 53.9 Å². The van der Waals surface area contributed by atoms with Crippen LogP contribution in [0.25, 0.3) is 44.7 Å². The number of aryl methyl sites for hydroxylation is 2. The van der Waals surface area contributed by atoms with E-state index < -0.39 is 17.7 Å². The number of nitrogens with zero attached hydrogens (tertiary/aromatic N) is 5. The average molecular weight is 825 g/mol. The number of phenolic OH excluding ortho intramolecular Hbond substituents is 3. The molecule has 6 heterocycles. The van der Waals surface area contributed by atoms with Crippen molar-refractivity contribution in [3.8, 4) is 51.0 Å². The third-order valence-corrected chi connectivity index (χ3v) is 12.6. The maximum absolute atomic E-state index is 14.2. The molecule has 3 aromatic carbocycles. The molecule has 314 valence electrons. The van der Waals surface area contributed by atoms with E-state index in [9.17, 15) is 29.7 Å². The number of H-pyrrole nitrogens is 1. The number of phenols is 3. The number of carbonyl (C=O) groups excluding carboxylic acids is 2. The molecular formula is C47H48N6O8. The molecule has 14 heteroatoms. The fourth-order valence-corrected chi connectivity index (χ4v) is 9.27. The molecule has 0 radical (unpaired) electrons. The van der Waals surface area contributed by atoms with Crippen molar-refractivity contribution < 1.29 is 34.4 Å². The molecule has 3 aromatic heterocycles. The summed E-state index contributed by atoms with van der Waals surface area (Å²) in [5.74, 6) is -0.526. The molecule has 0 aliphatic carbocycles. The zero-order valence-corrected chi connectivity index (χ0v) is 34.8. The Bertz CT molecular complexity index is 2820. The van der Waals surface area contributed by atoms with E-state index >= 15 is 0 Å². The van der Waals surface area contributed by atoms with Crippen LogP contribution < -0.4 is 5.56 Å². The summed E-state index contributed by atoms with van der Waals surface area (Å²) in [4.78, 5) is 50.6. The molecule has 1 unspecified atom stereocenters. The standard InChI is InChI=1S/C47H48N6O8/c1-6-30-32-18-29(54)12-13-37(32)48-42-34(30)23-53-38(42)20-36-35(44(53)57)24-60-45(58)47(36,7-2)61-46(59)52-16-14-51(15-17-52)22-27-8-10-28(11-9-27)41-26(5)49-50-43(41)33-19-31(25(3)4)39(55)21-40(33)56/h8-13,18-21,25,54-56H,6-7,14-17,22-24H2,1-5H3,(H,49,50). The van der Waals surface area contributed by atoms with E-state index in [0.717, 1.165) is 44.5 Å². The topological polar surface area (TPSA) is 183 Å². The van der Waals surface area contributed by atoms with Crippen LogP contribution in [0, 0.1) is 6.92 Å². The van der Waals surface area contributed by atoms with Crippen LogP contribution in [0.15, 0.2) is 65.5 Å². The number of carbonyl (C=O) groups is 2. The molecule has 3 aliphatic rings. The summed E-state index contributed by atoms with van der Waals surface area (Å²) >= 11 is 0. The van der Waals surface area contributed by atoms with Gasteiger partial charge in [0.2, 0.25) is 5.60 Å². The van der Waals surface area contributed by atoms with Crippen molar-refractivity contribution in [1.82, 2.24) is 29.5 Å². The quantitative estimate of drug-likeness (QED) is 0.114. The van der Waals surface area contributed by atoms with Gasteiger partial charge in [0.15, 0.2) is 0 Å². The SMILES string of the molecule is CCc1c2c(nc3ccc(O)cc13)-c1cc3c(c(=O)n1C2)COC(=O)C3(CC)OC(=O)N1CCN(Cc2ccc(-c3c(-c4cc(C(C)C)c(O)cc4O)n[nH]c3C)cc2)CC1. The highest BCUT2D eigenvalue weighted by atomic mass is 16.6. The molecule has 1 saturated heterocycles. The molecule has 1 amide bonds. The van der Waals surface area contributed by atoms with E-state index in [1.54, 1.807) is 46.7 Å². The Hall–Kier alpha value is -6.67. The number of piperazine rings is 1. The Morgan fingerprint density at radius 1 is 0.934 bits per heavy atom. The Morgan fingerprint density at radius 3 is 2.39 bits per heavy atom. The zero-order chi connectivity index (χ0) is 42.9. The second-order valence-electron chi connectivity index (χ2n) is 16.5. The maximum atomic E-state index is 14.2. The van der Waals surface area contributed by atoms with Gasteiger partial charge >= 0.3 is 12.1 Å². The fraction of sp³-hybridized carbons (Fsp3) is 0.340. The summed E-state index contributed by atoms with van der Waals surface area (Å²) in [6.45, 7) is 12.3. The van der Waals surface area contributed by atoms with Crippen molar-refractivity contribution >= 4 is 23.0 Å². The molecule has 3 aliphatic heterocycles. The highest BCUT2D eigenvalue weighted by molar-refractivity contribution is 5.91. The van der Waals surface area contributed by atoms with Crippen molar-refractivity contribution in [1.29, 1.82) is 0 Å². The van der Waals surface area contributed by atoms with E-state index in [2.05, 4.69) is 27.2 Å². The van der Waals surface area contributed by atoms with Crippen LogP contribution in [0.4, 0.5) is 4.79 Å². The fourth-order valence-electron chi connectivity index (χ4n) is 9.27. The molecule has 6 aromatic rings. The first kappa shape index (κ1) is 39.8. The van der Waals surface area contributed by atoms with Crippen molar-refractivity contribution in [2.24, 2.45) is 0 Å². The highest BCUT2D eigenvalue weighted by Crippen LogP contribution is 2.44. The summed E-state index contributed by atoms with van der Waals surface area (Å²) in [7, 11) is 0. The van der Waals surface area contributed by atoms with E-state index in [1.165, 1.54) is 6.07 Å². The van der Waals surface area contributed by atoms with Crippen LogP contribution >= 0.6 is 0 Å². The number of aromatic amines is 1. The number of amides is 1. The molecule has 14 nitrogen and oxygen atoms in total. The molecule has 1 atom stereocenters. The first-order valence-corrected chi connectivity index (χ1v) is 20.8. The van der Waals surface area contributed by atoms with Crippen LogP contribution in [-0.2, 0) is 46.0 Å². The number of hydrogen-bond donors (Lipinski definition) is 4.